The van der Waals surface area contributed by atoms with E-state index >= 15 is 0 Å². The maximum Gasteiger partial charge on any atom is 0.636 e. The van der Waals surface area contributed by atoms with E-state index in [1.165, 1.54) is 4.90 Å². The Hall–Kier alpha value is -4.45. The summed E-state index contributed by atoms with van der Waals surface area (Å²) >= 11 is 0. The molecule has 2 saturated heterocycles. The molecule has 0 N–H and O–H groups in total. The van der Waals surface area contributed by atoms with Crippen molar-refractivity contribution < 1.29 is 33.2 Å². The molecule has 2 aliphatic heterocycles. The van der Waals surface area contributed by atoms with Crippen LogP contribution < -0.4 is 14.9 Å². The van der Waals surface area contributed by atoms with Crippen LogP contribution in [0.25, 0.3) is 11.1 Å². The molecule has 0 unspecified atom stereocenters. The van der Waals surface area contributed by atoms with Gasteiger partial charge in [-0.2, -0.15) is 9.97 Å². The monoisotopic (exact) mass is 600 g/mol. The van der Waals surface area contributed by atoms with E-state index in [9.17, 15) is 14.4 Å². The fraction of sp³-hybridized carbons (Fsp3) is 0.406. The number of likely N-dealkylation sites (N-methyl/N-ethyl adjacent to an activating group) is 1. The van der Waals surface area contributed by atoms with Crippen LogP contribution >= 0.6 is 0 Å². The zero-order chi connectivity index (χ0) is 31.2. The van der Waals surface area contributed by atoms with Crippen molar-refractivity contribution in [2.45, 2.75) is 46.6 Å². The van der Waals surface area contributed by atoms with Crippen molar-refractivity contribution in [3.8, 4) is 22.9 Å². The summed E-state index contributed by atoms with van der Waals surface area (Å²) in [5.41, 5.74) is 6.23. The van der Waals surface area contributed by atoms with Crippen molar-refractivity contribution in [3.05, 3.63) is 65.0 Å². The zero-order valence-corrected chi connectivity index (χ0v) is 25.6. The van der Waals surface area contributed by atoms with Crippen LogP contribution in [0.5, 0.6) is 11.8 Å². The number of rotatable bonds is 10. The second-order valence-corrected chi connectivity index (χ2v) is 11.2. The Labute approximate surface area is 257 Å². The first-order valence-electron chi connectivity index (χ1n) is 14.8. The Morgan fingerprint density at radius 1 is 0.909 bits per heavy atom. The molecule has 3 aromatic rings. The molecule has 0 spiro atoms. The van der Waals surface area contributed by atoms with Crippen LogP contribution in [0.15, 0.2) is 42.5 Å². The minimum atomic E-state index is -1.09. The molecule has 12 heteroatoms. The van der Waals surface area contributed by atoms with Gasteiger partial charge in [-0.1, -0.05) is 30.3 Å². The van der Waals surface area contributed by atoms with Crippen molar-refractivity contribution in [2.24, 2.45) is 0 Å². The molecule has 11 nitrogen and oxygen atoms in total. The lowest BCUT2D eigenvalue weighted by atomic mass is 9.78. The standard InChI is InChI=1S/C32H37BN4O7/c1-21-24(20-42-26-13-11-25(12-14-26)33-43-29(39)18-36(4)19-30(40)44-33)8-5-9-27(21)31-22(2)34-32(35-23(31)3)41-17-7-16-37-15-6-10-28(37)38/h5,8-9,11-14H,6-7,10,15-20H2,1-4H3. The number of benzene rings is 2. The second kappa shape index (κ2) is 13.9. The summed E-state index contributed by atoms with van der Waals surface area (Å²) in [7, 11) is 0.556. The van der Waals surface area contributed by atoms with Crippen molar-refractivity contribution in [2.75, 3.05) is 39.8 Å². The maximum atomic E-state index is 12.1. The number of nitrogens with zero attached hydrogens (tertiary/aromatic N) is 4. The summed E-state index contributed by atoms with van der Waals surface area (Å²) in [4.78, 5) is 48.6. The van der Waals surface area contributed by atoms with Gasteiger partial charge in [0.15, 0.2) is 0 Å². The Balaban J connectivity index is 1.21. The van der Waals surface area contributed by atoms with Gasteiger partial charge in [-0.25, -0.2) is 0 Å². The van der Waals surface area contributed by atoms with Crippen molar-refractivity contribution in [3.63, 3.8) is 0 Å². The molecule has 230 valence electrons. The minimum absolute atomic E-state index is 0.0112. The Kier molecular flexibility index (Phi) is 9.79. The molecule has 5 rings (SSSR count). The van der Waals surface area contributed by atoms with Gasteiger partial charge in [0.2, 0.25) is 5.91 Å². The van der Waals surface area contributed by atoms with Gasteiger partial charge in [0, 0.05) is 30.5 Å². The fourth-order valence-corrected chi connectivity index (χ4v) is 5.46. The van der Waals surface area contributed by atoms with Gasteiger partial charge in [0.1, 0.15) is 12.4 Å². The lowest BCUT2D eigenvalue weighted by Crippen LogP contribution is -2.47. The maximum absolute atomic E-state index is 12.1. The number of amides is 1. The van der Waals surface area contributed by atoms with Gasteiger partial charge in [-0.05, 0) is 69.5 Å². The third-order valence-corrected chi connectivity index (χ3v) is 7.76. The molecule has 0 aliphatic carbocycles. The number of hydrogen-bond donors (Lipinski definition) is 0. The Morgan fingerprint density at radius 2 is 1.59 bits per heavy atom. The fourth-order valence-electron chi connectivity index (χ4n) is 5.46. The molecule has 0 atom stereocenters. The summed E-state index contributed by atoms with van der Waals surface area (Å²) in [6, 6.07) is 13.3. The van der Waals surface area contributed by atoms with Crippen molar-refractivity contribution in [1.82, 2.24) is 19.8 Å². The average molecular weight is 600 g/mol. The van der Waals surface area contributed by atoms with Crippen molar-refractivity contribution >= 4 is 30.4 Å². The topological polar surface area (TPSA) is 120 Å². The van der Waals surface area contributed by atoms with Gasteiger partial charge in [0.25, 0.3) is 0 Å². The quantitative estimate of drug-likeness (QED) is 0.254. The van der Waals surface area contributed by atoms with Gasteiger partial charge in [0.05, 0.1) is 31.1 Å². The third kappa shape index (κ3) is 7.54. The van der Waals surface area contributed by atoms with Gasteiger partial charge in [-0.15, -0.1) is 0 Å². The normalized spacial score (nSPS) is 16.0. The summed E-state index contributed by atoms with van der Waals surface area (Å²) in [5.74, 6) is -0.0986. The number of hydrogen-bond acceptors (Lipinski definition) is 10. The van der Waals surface area contributed by atoms with E-state index in [-0.39, 0.29) is 19.0 Å². The van der Waals surface area contributed by atoms with E-state index in [0.717, 1.165) is 53.0 Å². The SMILES string of the molecule is Cc1nc(OCCCN2CCCC2=O)nc(C)c1-c1cccc(COc2ccc(B3OC(=O)CN(C)CC(=O)O3)cc2)c1C. The van der Waals surface area contributed by atoms with E-state index in [4.69, 9.17) is 18.8 Å². The highest BCUT2D eigenvalue weighted by molar-refractivity contribution is 6.64. The molecule has 1 aromatic heterocycles. The molecule has 2 fully saturated rings. The highest BCUT2D eigenvalue weighted by atomic mass is 16.6. The highest BCUT2D eigenvalue weighted by Crippen LogP contribution is 2.31. The molecule has 2 aliphatic rings. The zero-order valence-electron chi connectivity index (χ0n) is 25.6. The average Bonchev–Trinajstić information content (AvgIpc) is 3.38. The predicted octanol–water partition coefficient (Wildman–Crippen LogP) is 2.77. The first kappa shape index (κ1) is 31.0. The van der Waals surface area contributed by atoms with Crippen LogP contribution in [0.1, 0.15) is 41.8 Å². The minimum Gasteiger partial charge on any atom is -0.494 e. The summed E-state index contributed by atoms with van der Waals surface area (Å²) in [6.07, 6.45) is 2.31. The smallest absolute Gasteiger partial charge is 0.494 e. The molecule has 44 heavy (non-hydrogen) atoms. The number of ether oxygens (including phenoxy) is 2. The van der Waals surface area contributed by atoms with Gasteiger partial charge in [-0.3, -0.25) is 19.3 Å². The number of likely N-dealkylation sites (tertiary alicyclic amines) is 1. The second-order valence-electron chi connectivity index (χ2n) is 11.2. The van der Waals surface area contributed by atoms with E-state index in [1.54, 1.807) is 31.3 Å². The van der Waals surface area contributed by atoms with E-state index in [0.29, 0.717) is 43.4 Å². The first-order valence-corrected chi connectivity index (χ1v) is 14.8. The number of carbonyl (C=O) groups excluding carboxylic acids is 3. The first-order chi connectivity index (χ1) is 21.2. The van der Waals surface area contributed by atoms with Crippen molar-refractivity contribution in [1.29, 1.82) is 0 Å². The summed E-state index contributed by atoms with van der Waals surface area (Å²) in [6.45, 7) is 8.27. The number of aryl methyl sites for hydroxylation is 2. The Bertz CT molecular complexity index is 1490. The molecule has 0 saturated carbocycles. The van der Waals surface area contributed by atoms with Crippen LogP contribution in [0.3, 0.4) is 0 Å². The van der Waals surface area contributed by atoms with E-state index in [1.807, 2.05) is 30.9 Å². The molecular weight excluding hydrogens is 563 g/mol. The molecule has 0 bridgehead atoms. The van der Waals surface area contributed by atoms with Gasteiger partial charge < -0.3 is 23.7 Å². The Morgan fingerprint density at radius 3 is 2.23 bits per heavy atom. The van der Waals surface area contributed by atoms with E-state index in [2.05, 4.69) is 23.0 Å². The van der Waals surface area contributed by atoms with Crippen LogP contribution in [-0.4, -0.2) is 84.6 Å². The van der Waals surface area contributed by atoms with Crippen LogP contribution in [-0.2, 0) is 30.3 Å². The van der Waals surface area contributed by atoms with E-state index < -0.39 is 19.1 Å². The third-order valence-electron chi connectivity index (χ3n) is 7.76. The molecule has 3 heterocycles. The molecule has 0 radical (unpaired) electrons. The molecular formula is C32H37BN4O7. The van der Waals surface area contributed by atoms with Crippen LogP contribution in [0, 0.1) is 20.8 Å². The largest absolute Gasteiger partial charge is 0.636 e. The lowest BCUT2D eigenvalue weighted by Gasteiger charge is -2.22. The van der Waals surface area contributed by atoms with Crippen LogP contribution in [0.4, 0.5) is 0 Å². The lowest BCUT2D eigenvalue weighted by molar-refractivity contribution is -0.145. The molecule has 2 aromatic carbocycles. The highest BCUT2D eigenvalue weighted by Gasteiger charge is 2.33. The number of aromatic nitrogens is 2. The number of carbonyl (C=O) groups is 3. The van der Waals surface area contributed by atoms with Gasteiger partial charge >= 0.3 is 25.1 Å². The summed E-state index contributed by atoms with van der Waals surface area (Å²) < 4.78 is 22.6. The predicted molar refractivity (Wildman–Crippen MR) is 163 cm³/mol. The summed E-state index contributed by atoms with van der Waals surface area (Å²) in [5, 5.41) is 0. The van der Waals surface area contributed by atoms with Crippen LogP contribution in [0.2, 0.25) is 0 Å². The molecule has 1 amide bonds.